The minimum atomic E-state index is -0.422. The minimum absolute atomic E-state index is 0.0869. The number of ether oxygens (including phenoxy) is 1. The van der Waals surface area contributed by atoms with E-state index in [0.29, 0.717) is 5.41 Å². The second-order valence-electron chi connectivity index (χ2n) is 11.1. The number of carbonyl (C=O) groups is 1. The fraction of sp³-hybridized carbons (Fsp3) is 0.958. The van der Waals surface area contributed by atoms with E-state index in [1.807, 2.05) is 13.8 Å². The third-order valence-electron chi connectivity index (χ3n) is 7.42. The molecule has 168 valence electrons. The maximum absolute atomic E-state index is 12.3. The molecule has 1 N–H and O–H groups in total. The van der Waals surface area contributed by atoms with Gasteiger partial charge in [0.15, 0.2) is 0 Å². The van der Waals surface area contributed by atoms with Gasteiger partial charge in [0.1, 0.15) is 0 Å². The van der Waals surface area contributed by atoms with E-state index in [2.05, 4.69) is 69.9 Å². The Bertz CT molecular complexity index is 489. The summed E-state index contributed by atoms with van der Waals surface area (Å²) in [6.07, 6.45) is 6.72. The lowest BCUT2D eigenvalue weighted by molar-refractivity contribution is -0.139. The topological polar surface area (TPSA) is 38.3 Å². The van der Waals surface area contributed by atoms with Crippen molar-refractivity contribution in [3.05, 3.63) is 0 Å². The number of amides is 1. The zero-order chi connectivity index (χ0) is 22.4. The van der Waals surface area contributed by atoms with Crippen molar-refractivity contribution in [2.75, 3.05) is 13.7 Å². The van der Waals surface area contributed by atoms with Gasteiger partial charge >= 0.3 is 0 Å². The zero-order valence-electron chi connectivity index (χ0n) is 20.8. The van der Waals surface area contributed by atoms with Crippen LogP contribution < -0.4 is 5.32 Å². The number of hydrogen-bond acceptors (Lipinski definition) is 2. The smallest absolute Gasteiger partial charge is 0.225 e. The molecule has 0 aromatic carbocycles. The lowest BCUT2D eigenvalue weighted by atomic mass is 9.66. The Labute approximate surface area is 178 Å². The first kappa shape index (κ1) is 27.9. The molecule has 0 aliphatic heterocycles. The van der Waals surface area contributed by atoms with Gasteiger partial charge in [0.05, 0.1) is 5.60 Å². The van der Waals surface area contributed by atoms with Gasteiger partial charge in [-0.15, -0.1) is 9.24 Å². The molecule has 28 heavy (non-hydrogen) atoms. The minimum Gasteiger partial charge on any atom is -0.375 e. The van der Waals surface area contributed by atoms with Crippen LogP contribution in [0.3, 0.4) is 0 Å². The summed E-state index contributed by atoms with van der Waals surface area (Å²) >= 11 is 0. The first-order valence-corrected chi connectivity index (χ1v) is 11.7. The summed E-state index contributed by atoms with van der Waals surface area (Å²) in [5.74, 6) is 0.0869. The highest BCUT2D eigenvalue weighted by Gasteiger charge is 2.45. The Kier molecular flexibility index (Phi) is 10.2. The molecule has 0 aliphatic rings. The van der Waals surface area contributed by atoms with Crippen LogP contribution in [0.2, 0.25) is 0 Å². The monoisotopic (exact) mass is 415 g/mol. The van der Waals surface area contributed by atoms with Crippen LogP contribution in [0.5, 0.6) is 0 Å². The van der Waals surface area contributed by atoms with E-state index in [1.165, 1.54) is 25.7 Å². The normalized spacial score (nSPS) is 16.0. The van der Waals surface area contributed by atoms with Gasteiger partial charge in [-0.05, 0) is 55.5 Å². The third kappa shape index (κ3) is 6.98. The Hall–Kier alpha value is -0.140. The summed E-state index contributed by atoms with van der Waals surface area (Å²) < 4.78 is 6.50. The van der Waals surface area contributed by atoms with Gasteiger partial charge in [-0.3, -0.25) is 4.79 Å². The van der Waals surface area contributed by atoms with Gasteiger partial charge in [-0.2, -0.15) is 0 Å². The summed E-state index contributed by atoms with van der Waals surface area (Å²) in [4.78, 5) is 12.3. The van der Waals surface area contributed by atoms with Crippen LogP contribution in [0.4, 0.5) is 0 Å². The third-order valence-corrected chi connectivity index (χ3v) is 8.41. The van der Waals surface area contributed by atoms with Gasteiger partial charge in [-0.1, -0.05) is 68.2 Å². The van der Waals surface area contributed by atoms with Gasteiger partial charge in [0.25, 0.3) is 0 Å². The summed E-state index contributed by atoms with van der Waals surface area (Å²) in [7, 11) is 4.86. The summed E-state index contributed by atoms with van der Waals surface area (Å²) in [6, 6.07) is 0. The SMILES string of the molecule is CCCC(C)(CCC)C(C)(P)CCOC(C)(C)C(C)(C)CC(C)(C)C(=O)NC. The molecular formula is C24H50NO2P. The molecule has 0 saturated heterocycles. The van der Waals surface area contributed by atoms with E-state index < -0.39 is 5.41 Å². The molecular weight excluding hydrogens is 365 g/mol. The van der Waals surface area contributed by atoms with Crippen molar-refractivity contribution in [1.82, 2.24) is 5.32 Å². The molecule has 0 aliphatic carbocycles. The first-order chi connectivity index (χ1) is 12.5. The van der Waals surface area contributed by atoms with Crippen molar-refractivity contribution in [3.8, 4) is 0 Å². The van der Waals surface area contributed by atoms with Gasteiger partial charge in [0.2, 0.25) is 5.91 Å². The van der Waals surface area contributed by atoms with E-state index >= 15 is 0 Å². The number of carbonyl (C=O) groups excluding carboxylic acids is 1. The second-order valence-corrected chi connectivity index (χ2v) is 12.4. The first-order valence-electron chi connectivity index (χ1n) is 11.2. The van der Waals surface area contributed by atoms with Crippen LogP contribution in [0.15, 0.2) is 0 Å². The quantitative estimate of drug-likeness (QED) is 0.344. The fourth-order valence-electron chi connectivity index (χ4n) is 4.55. The molecule has 2 atom stereocenters. The van der Waals surface area contributed by atoms with Crippen LogP contribution in [-0.2, 0) is 9.53 Å². The van der Waals surface area contributed by atoms with E-state index in [4.69, 9.17) is 4.74 Å². The van der Waals surface area contributed by atoms with Crippen LogP contribution >= 0.6 is 9.24 Å². The lowest BCUT2D eigenvalue weighted by Crippen LogP contribution is -2.48. The molecule has 0 bridgehead atoms. The van der Waals surface area contributed by atoms with Crippen LogP contribution in [0.25, 0.3) is 0 Å². The average molecular weight is 416 g/mol. The van der Waals surface area contributed by atoms with E-state index in [0.717, 1.165) is 19.4 Å². The molecule has 1 amide bonds. The number of hydrogen-bond donors (Lipinski definition) is 1. The molecule has 0 heterocycles. The number of nitrogens with one attached hydrogen (secondary N) is 1. The molecule has 3 nitrogen and oxygen atoms in total. The zero-order valence-corrected chi connectivity index (χ0v) is 22.0. The molecule has 4 heteroatoms. The van der Waals surface area contributed by atoms with Crippen LogP contribution in [0, 0.1) is 16.2 Å². The Morgan fingerprint density at radius 2 is 1.36 bits per heavy atom. The van der Waals surface area contributed by atoms with Crippen molar-refractivity contribution < 1.29 is 9.53 Å². The summed E-state index contributed by atoms with van der Waals surface area (Å²) in [5.41, 5.74) is -0.554. The molecule has 0 radical (unpaired) electrons. The highest BCUT2D eigenvalue weighted by atomic mass is 31.0. The van der Waals surface area contributed by atoms with Gasteiger partial charge in [0, 0.05) is 19.1 Å². The van der Waals surface area contributed by atoms with Crippen molar-refractivity contribution in [2.24, 2.45) is 16.2 Å². The maximum Gasteiger partial charge on any atom is 0.225 e. The molecule has 0 saturated carbocycles. The second kappa shape index (κ2) is 10.3. The standard InChI is InChI=1S/C24H50NO2P/c1-12-14-23(9,15-13-2)24(10,28)16-17-27-22(7,8)21(5,6)18-20(3,4)19(26)25-11/h12-18,28H2,1-11H3,(H,25,26). The van der Waals surface area contributed by atoms with E-state index in [-0.39, 0.29) is 22.1 Å². The highest BCUT2D eigenvalue weighted by molar-refractivity contribution is 7.19. The Morgan fingerprint density at radius 1 is 0.893 bits per heavy atom. The van der Waals surface area contributed by atoms with Crippen LogP contribution in [0.1, 0.15) is 108 Å². The fourth-order valence-corrected chi connectivity index (χ4v) is 4.96. The largest absolute Gasteiger partial charge is 0.375 e. The molecule has 0 fully saturated rings. The van der Waals surface area contributed by atoms with Crippen molar-refractivity contribution >= 4 is 15.1 Å². The molecule has 2 unspecified atom stereocenters. The van der Waals surface area contributed by atoms with E-state index in [9.17, 15) is 4.79 Å². The van der Waals surface area contributed by atoms with Gasteiger partial charge in [-0.25, -0.2) is 0 Å². The predicted octanol–water partition coefficient (Wildman–Crippen LogP) is 6.60. The lowest BCUT2D eigenvalue weighted by Gasteiger charge is -2.47. The number of rotatable bonds is 13. The van der Waals surface area contributed by atoms with E-state index in [1.54, 1.807) is 7.05 Å². The molecule has 0 spiro atoms. The average Bonchev–Trinajstić information content (AvgIpc) is 2.52. The maximum atomic E-state index is 12.3. The summed E-state index contributed by atoms with van der Waals surface area (Å²) in [5, 5.41) is 2.95. The van der Waals surface area contributed by atoms with Gasteiger partial charge < -0.3 is 10.1 Å². The highest BCUT2D eigenvalue weighted by Crippen LogP contribution is 2.49. The Morgan fingerprint density at radius 3 is 1.75 bits per heavy atom. The summed E-state index contributed by atoms with van der Waals surface area (Å²) in [6.45, 7) is 22.9. The molecule has 0 aromatic heterocycles. The molecule has 0 aromatic rings. The van der Waals surface area contributed by atoms with Crippen molar-refractivity contribution in [1.29, 1.82) is 0 Å². The predicted molar refractivity (Wildman–Crippen MR) is 127 cm³/mol. The van der Waals surface area contributed by atoms with Crippen molar-refractivity contribution in [3.63, 3.8) is 0 Å². The molecule has 0 rings (SSSR count). The Balaban J connectivity index is 5.13. The van der Waals surface area contributed by atoms with Crippen LogP contribution in [-0.4, -0.2) is 30.3 Å². The van der Waals surface area contributed by atoms with Crippen molar-refractivity contribution in [2.45, 2.75) is 119 Å².